The second kappa shape index (κ2) is 8.62. The highest BCUT2D eigenvalue weighted by Crippen LogP contribution is 2.29. The van der Waals surface area contributed by atoms with Crippen LogP contribution in [0.3, 0.4) is 0 Å². The molecule has 1 aromatic rings. The molecule has 6 heteroatoms. The Balaban J connectivity index is 1.78. The van der Waals surface area contributed by atoms with Crippen molar-refractivity contribution in [1.82, 2.24) is 10.0 Å². The van der Waals surface area contributed by atoms with Crippen molar-refractivity contribution in [3.05, 3.63) is 30.3 Å². The zero-order valence-corrected chi connectivity index (χ0v) is 15.3. The third kappa shape index (κ3) is 5.31. The van der Waals surface area contributed by atoms with Crippen molar-refractivity contribution in [2.24, 2.45) is 11.8 Å². The Bertz CT molecular complexity index is 623. The van der Waals surface area contributed by atoms with Crippen LogP contribution < -0.4 is 10.0 Å². The molecule has 0 heterocycles. The molecule has 1 atom stereocenters. The molecule has 0 saturated heterocycles. The van der Waals surface area contributed by atoms with E-state index in [0.717, 1.165) is 32.1 Å². The Morgan fingerprint density at radius 2 is 1.79 bits per heavy atom. The number of amides is 1. The highest BCUT2D eigenvalue weighted by molar-refractivity contribution is 7.89. The first kappa shape index (κ1) is 18.9. The van der Waals surface area contributed by atoms with Crippen LogP contribution in [0.1, 0.15) is 46.0 Å². The van der Waals surface area contributed by atoms with Crippen LogP contribution in [0.15, 0.2) is 35.2 Å². The number of hydrogen-bond acceptors (Lipinski definition) is 3. The van der Waals surface area contributed by atoms with Gasteiger partial charge in [0.1, 0.15) is 0 Å². The first-order valence-corrected chi connectivity index (χ1v) is 10.3. The number of rotatable bonds is 7. The summed E-state index contributed by atoms with van der Waals surface area (Å²) in [6, 6.07) is 8.64. The normalized spacial score (nSPS) is 22.8. The van der Waals surface area contributed by atoms with E-state index in [4.69, 9.17) is 0 Å². The van der Waals surface area contributed by atoms with Gasteiger partial charge in [0.15, 0.2) is 0 Å². The largest absolute Gasteiger partial charge is 0.353 e. The number of hydrogen-bond donors (Lipinski definition) is 2. The lowest BCUT2D eigenvalue weighted by Gasteiger charge is -2.28. The Hall–Kier alpha value is -1.40. The van der Waals surface area contributed by atoms with E-state index < -0.39 is 10.0 Å². The van der Waals surface area contributed by atoms with Crippen molar-refractivity contribution in [3.8, 4) is 0 Å². The van der Waals surface area contributed by atoms with Gasteiger partial charge in [-0.1, -0.05) is 25.1 Å². The molecule has 0 aliphatic heterocycles. The summed E-state index contributed by atoms with van der Waals surface area (Å²) in [5.74, 6) is 0.518. The molecule has 1 aliphatic carbocycles. The molecule has 1 amide bonds. The Labute approximate surface area is 145 Å². The molecule has 1 saturated carbocycles. The summed E-state index contributed by atoms with van der Waals surface area (Å²) >= 11 is 0. The molecule has 5 nitrogen and oxygen atoms in total. The molecule has 2 rings (SSSR count). The molecule has 0 radical (unpaired) electrons. The van der Waals surface area contributed by atoms with Crippen molar-refractivity contribution in [2.45, 2.75) is 56.9 Å². The van der Waals surface area contributed by atoms with Gasteiger partial charge in [0.25, 0.3) is 0 Å². The molecule has 0 unspecified atom stereocenters. The minimum Gasteiger partial charge on any atom is -0.353 e. The van der Waals surface area contributed by atoms with E-state index in [1.54, 1.807) is 30.3 Å². The van der Waals surface area contributed by atoms with Crippen LogP contribution >= 0.6 is 0 Å². The average molecular weight is 353 g/mol. The lowest BCUT2D eigenvalue weighted by atomic mass is 9.81. The zero-order chi connectivity index (χ0) is 17.6. The van der Waals surface area contributed by atoms with Gasteiger partial charge in [-0.3, -0.25) is 4.79 Å². The standard InChI is InChI=1S/C18H28N2O3S/c1-3-14(2)20-18(21)16-11-9-15(10-12-16)13-19-24(22,23)17-7-5-4-6-8-17/h4-8,14-16,19H,3,9-13H2,1-2H3,(H,20,21)/t14-,15?,16?/m0/s1. The van der Waals surface area contributed by atoms with Crippen LogP contribution in [-0.2, 0) is 14.8 Å². The third-order valence-corrected chi connectivity index (χ3v) is 6.27. The Kier molecular flexibility index (Phi) is 6.80. The fraction of sp³-hybridized carbons (Fsp3) is 0.611. The predicted octanol–water partition coefficient (Wildman–Crippen LogP) is 2.69. The van der Waals surface area contributed by atoms with Gasteiger partial charge in [-0.15, -0.1) is 0 Å². The van der Waals surface area contributed by atoms with Gasteiger partial charge >= 0.3 is 0 Å². The van der Waals surface area contributed by atoms with Gasteiger partial charge in [0.05, 0.1) is 4.90 Å². The summed E-state index contributed by atoms with van der Waals surface area (Å²) in [6.45, 7) is 4.51. The quantitative estimate of drug-likeness (QED) is 0.792. The molecule has 0 spiro atoms. The Morgan fingerprint density at radius 3 is 2.38 bits per heavy atom. The maximum Gasteiger partial charge on any atom is 0.240 e. The van der Waals surface area contributed by atoms with Gasteiger partial charge in [0.2, 0.25) is 15.9 Å². The molecular weight excluding hydrogens is 324 g/mol. The number of carbonyl (C=O) groups excluding carboxylic acids is 1. The molecule has 2 N–H and O–H groups in total. The van der Waals surface area contributed by atoms with E-state index in [2.05, 4.69) is 17.0 Å². The summed E-state index contributed by atoms with van der Waals surface area (Å²) < 4.78 is 27.2. The lowest BCUT2D eigenvalue weighted by Crippen LogP contribution is -2.39. The number of benzene rings is 1. The molecular formula is C18H28N2O3S. The topological polar surface area (TPSA) is 75.3 Å². The first-order chi connectivity index (χ1) is 11.4. The predicted molar refractivity (Wildman–Crippen MR) is 95.0 cm³/mol. The van der Waals surface area contributed by atoms with Crippen LogP contribution in [0.4, 0.5) is 0 Å². The smallest absolute Gasteiger partial charge is 0.240 e. The van der Waals surface area contributed by atoms with Crippen LogP contribution in [-0.4, -0.2) is 26.9 Å². The maximum atomic E-state index is 12.2. The monoisotopic (exact) mass is 352 g/mol. The van der Waals surface area contributed by atoms with E-state index >= 15 is 0 Å². The van der Waals surface area contributed by atoms with Gasteiger partial charge in [-0.05, 0) is 57.1 Å². The van der Waals surface area contributed by atoms with Crippen LogP contribution in [0.25, 0.3) is 0 Å². The lowest BCUT2D eigenvalue weighted by molar-refractivity contribution is -0.126. The zero-order valence-electron chi connectivity index (χ0n) is 14.5. The van der Waals surface area contributed by atoms with Crippen molar-refractivity contribution in [1.29, 1.82) is 0 Å². The third-order valence-electron chi connectivity index (χ3n) is 4.83. The van der Waals surface area contributed by atoms with E-state index in [1.807, 2.05) is 6.92 Å². The first-order valence-electron chi connectivity index (χ1n) is 8.77. The second-order valence-electron chi connectivity index (χ2n) is 6.70. The van der Waals surface area contributed by atoms with Crippen LogP contribution in [0, 0.1) is 11.8 Å². The summed E-state index contributed by atoms with van der Waals surface area (Å²) in [4.78, 5) is 12.5. The van der Waals surface area contributed by atoms with Gasteiger partial charge < -0.3 is 5.32 Å². The van der Waals surface area contributed by atoms with E-state index in [9.17, 15) is 13.2 Å². The molecule has 134 valence electrons. The van der Waals surface area contributed by atoms with Crippen molar-refractivity contribution < 1.29 is 13.2 Å². The summed E-state index contributed by atoms with van der Waals surface area (Å²) in [5, 5.41) is 3.04. The van der Waals surface area contributed by atoms with Crippen LogP contribution in [0.5, 0.6) is 0 Å². The minimum absolute atomic E-state index is 0.0704. The molecule has 0 bridgehead atoms. The van der Waals surface area contributed by atoms with Gasteiger partial charge in [-0.25, -0.2) is 13.1 Å². The number of carbonyl (C=O) groups is 1. The fourth-order valence-corrected chi connectivity index (χ4v) is 4.14. The SMILES string of the molecule is CC[C@H](C)NC(=O)C1CCC(CNS(=O)(=O)c2ccccc2)CC1. The Morgan fingerprint density at radius 1 is 1.17 bits per heavy atom. The van der Waals surface area contributed by atoms with Crippen molar-refractivity contribution in [3.63, 3.8) is 0 Å². The summed E-state index contributed by atoms with van der Waals surface area (Å²) in [5.41, 5.74) is 0. The van der Waals surface area contributed by atoms with Gasteiger partial charge in [-0.2, -0.15) is 0 Å². The van der Waals surface area contributed by atoms with E-state index in [0.29, 0.717) is 17.4 Å². The minimum atomic E-state index is -3.44. The van der Waals surface area contributed by atoms with Crippen LogP contribution in [0.2, 0.25) is 0 Å². The van der Waals surface area contributed by atoms with E-state index in [1.165, 1.54) is 0 Å². The molecule has 1 aliphatic rings. The molecule has 1 fully saturated rings. The average Bonchev–Trinajstić information content (AvgIpc) is 2.61. The van der Waals surface area contributed by atoms with Crippen molar-refractivity contribution >= 4 is 15.9 Å². The number of nitrogens with one attached hydrogen (secondary N) is 2. The van der Waals surface area contributed by atoms with E-state index in [-0.39, 0.29) is 17.9 Å². The molecule has 0 aromatic heterocycles. The van der Waals surface area contributed by atoms with Gasteiger partial charge in [0, 0.05) is 18.5 Å². The van der Waals surface area contributed by atoms with Crippen molar-refractivity contribution in [2.75, 3.05) is 6.54 Å². The molecule has 1 aromatic carbocycles. The molecule has 24 heavy (non-hydrogen) atoms. The summed E-state index contributed by atoms with van der Waals surface area (Å²) in [6.07, 6.45) is 4.37. The number of sulfonamides is 1. The maximum absolute atomic E-state index is 12.2. The second-order valence-corrected chi connectivity index (χ2v) is 8.47. The summed E-state index contributed by atoms with van der Waals surface area (Å²) in [7, 11) is -3.44. The fourth-order valence-electron chi connectivity index (χ4n) is 3.00. The highest BCUT2D eigenvalue weighted by atomic mass is 32.2. The highest BCUT2D eigenvalue weighted by Gasteiger charge is 2.27.